The van der Waals surface area contributed by atoms with E-state index in [4.69, 9.17) is 0 Å². The van der Waals surface area contributed by atoms with E-state index in [-0.39, 0.29) is 11.5 Å². The summed E-state index contributed by atoms with van der Waals surface area (Å²) in [7, 11) is 0. The summed E-state index contributed by atoms with van der Waals surface area (Å²) in [6.07, 6.45) is 1.51. The minimum absolute atomic E-state index is 0.0460. The minimum atomic E-state index is -0.151. The third-order valence-corrected chi connectivity index (χ3v) is 3.52. The molecule has 1 heterocycles. The average molecular weight is 299 g/mol. The minimum Gasteiger partial charge on any atom is -0.356 e. The lowest BCUT2D eigenvalue weighted by atomic mass is 10.1. The number of carbonyl (C=O) groups is 1. The van der Waals surface area contributed by atoms with Crippen LogP contribution in [-0.2, 0) is 17.6 Å². The third kappa shape index (κ3) is 4.55. The molecule has 5 heteroatoms. The Morgan fingerprint density at radius 2 is 1.91 bits per heavy atom. The van der Waals surface area contributed by atoms with Gasteiger partial charge in [-0.2, -0.15) is 0 Å². The van der Waals surface area contributed by atoms with Gasteiger partial charge in [0.05, 0.1) is 0 Å². The highest BCUT2D eigenvalue weighted by Gasteiger charge is 2.09. The SMILES string of the molecule is Cc1nc(C)c(CCC(=O)NCCc2ccccc2)c(=O)[nH]1. The van der Waals surface area contributed by atoms with Gasteiger partial charge >= 0.3 is 0 Å². The molecule has 0 saturated carbocycles. The van der Waals surface area contributed by atoms with Crippen LogP contribution in [0.5, 0.6) is 0 Å². The molecule has 22 heavy (non-hydrogen) atoms. The molecule has 2 N–H and O–H groups in total. The number of aryl methyl sites for hydroxylation is 2. The predicted molar refractivity (Wildman–Crippen MR) is 85.8 cm³/mol. The largest absolute Gasteiger partial charge is 0.356 e. The number of benzene rings is 1. The molecule has 0 spiro atoms. The van der Waals surface area contributed by atoms with Gasteiger partial charge in [-0.3, -0.25) is 9.59 Å². The van der Waals surface area contributed by atoms with Crippen LogP contribution >= 0.6 is 0 Å². The van der Waals surface area contributed by atoms with Crippen molar-refractivity contribution in [3.05, 3.63) is 63.3 Å². The second-order valence-corrected chi connectivity index (χ2v) is 5.30. The monoisotopic (exact) mass is 299 g/mol. The van der Waals surface area contributed by atoms with Crippen molar-refractivity contribution in [1.82, 2.24) is 15.3 Å². The molecule has 0 aliphatic rings. The maximum Gasteiger partial charge on any atom is 0.254 e. The highest BCUT2D eigenvalue weighted by Crippen LogP contribution is 2.03. The Bertz CT molecular complexity index is 693. The Labute approximate surface area is 129 Å². The normalized spacial score (nSPS) is 10.5. The number of aromatic amines is 1. The van der Waals surface area contributed by atoms with Crippen molar-refractivity contribution in [3.63, 3.8) is 0 Å². The summed E-state index contributed by atoms with van der Waals surface area (Å²) in [5, 5.41) is 2.88. The van der Waals surface area contributed by atoms with E-state index in [1.807, 2.05) is 30.3 Å². The zero-order valence-corrected chi connectivity index (χ0v) is 13.0. The van der Waals surface area contributed by atoms with E-state index >= 15 is 0 Å². The zero-order valence-electron chi connectivity index (χ0n) is 13.0. The Morgan fingerprint density at radius 3 is 2.59 bits per heavy atom. The molecule has 0 aliphatic carbocycles. The smallest absolute Gasteiger partial charge is 0.254 e. The van der Waals surface area contributed by atoms with E-state index in [1.54, 1.807) is 13.8 Å². The highest BCUT2D eigenvalue weighted by molar-refractivity contribution is 5.76. The number of hydrogen-bond acceptors (Lipinski definition) is 3. The molecule has 0 unspecified atom stereocenters. The predicted octanol–water partition coefficient (Wildman–Crippen LogP) is 1.68. The number of hydrogen-bond donors (Lipinski definition) is 2. The van der Waals surface area contributed by atoms with E-state index in [9.17, 15) is 9.59 Å². The highest BCUT2D eigenvalue weighted by atomic mass is 16.1. The first-order valence-corrected chi connectivity index (χ1v) is 7.43. The van der Waals surface area contributed by atoms with Gasteiger partial charge in [0.15, 0.2) is 0 Å². The van der Waals surface area contributed by atoms with Crippen molar-refractivity contribution in [1.29, 1.82) is 0 Å². The van der Waals surface area contributed by atoms with Gasteiger partial charge in [0.2, 0.25) is 5.91 Å². The number of carbonyl (C=O) groups excluding carboxylic acids is 1. The van der Waals surface area contributed by atoms with Crippen LogP contribution in [0.1, 0.15) is 29.1 Å². The van der Waals surface area contributed by atoms with E-state index in [1.165, 1.54) is 5.56 Å². The molecule has 116 valence electrons. The second kappa shape index (κ2) is 7.54. The molecule has 2 aromatic rings. The maximum atomic E-state index is 11.9. The standard InChI is InChI=1S/C17H21N3O2/c1-12-15(17(22)20-13(2)19-12)8-9-16(21)18-11-10-14-6-4-3-5-7-14/h3-7H,8-11H2,1-2H3,(H,18,21)(H,19,20,22). The van der Waals surface area contributed by atoms with Crippen LogP contribution in [0.4, 0.5) is 0 Å². The first-order chi connectivity index (χ1) is 10.6. The third-order valence-electron chi connectivity index (χ3n) is 3.52. The average Bonchev–Trinajstić information content (AvgIpc) is 2.47. The van der Waals surface area contributed by atoms with Crippen molar-refractivity contribution >= 4 is 5.91 Å². The molecule has 5 nitrogen and oxygen atoms in total. The van der Waals surface area contributed by atoms with E-state index in [0.29, 0.717) is 36.5 Å². The van der Waals surface area contributed by atoms with Crippen LogP contribution < -0.4 is 10.9 Å². The molecule has 0 aliphatic heterocycles. The van der Waals surface area contributed by atoms with Crippen molar-refractivity contribution in [2.75, 3.05) is 6.54 Å². The Kier molecular flexibility index (Phi) is 5.47. The summed E-state index contributed by atoms with van der Waals surface area (Å²) in [5.41, 5.74) is 2.32. The fraction of sp³-hybridized carbons (Fsp3) is 0.353. The van der Waals surface area contributed by atoms with Crippen molar-refractivity contribution in [2.45, 2.75) is 33.1 Å². The van der Waals surface area contributed by atoms with Crippen LogP contribution in [0.25, 0.3) is 0 Å². The molecular weight excluding hydrogens is 278 g/mol. The van der Waals surface area contributed by atoms with Crippen LogP contribution in [0, 0.1) is 13.8 Å². The number of H-pyrrole nitrogens is 1. The van der Waals surface area contributed by atoms with Gasteiger partial charge in [-0.25, -0.2) is 4.98 Å². The summed E-state index contributed by atoms with van der Waals surface area (Å²) < 4.78 is 0. The van der Waals surface area contributed by atoms with E-state index < -0.39 is 0 Å². The lowest BCUT2D eigenvalue weighted by molar-refractivity contribution is -0.121. The fourth-order valence-corrected chi connectivity index (χ4v) is 2.36. The molecule has 0 fully saturated rings. The van der Waals surface area contributed by atoms with E-state index in [0.717, 1.165) is 6.42 Å². The fourth-order valence-electron chi connectivity index (χ4n) is 2.36. The quantitative estimate of drug-likeness (QED) is 0.852. The Hall–Kier alpha value is -2.43. The molecule has 1 aromatic heterocycles. The Balaban J connectivity index is 1.80. The van der Waals surface area contributed by atoms with Crippen LogP contribution in [0.3, 0.4) is 0 Å². The summed E-state index contributed by atoms with van der Waals surface area (Å²) in [6.45, 7) is 4.14. The first-order valence-electron chi connectivity index (χ1n) is 7.43. The van der Waals surface area contributed by atoms with Gasteiger partial charge in [0.1, 0.15) is 5.82 Å². The lowest BCUT2D eigenvalue weighted by Crippen LogP contribution is -2.27. The molecule has 0 bridgehead atoms. The lowest BCUT2D eigenvalue weighted by Gasteiger charge is -2.07. The molecule has 1 amide bonds. The summed E-state index contributed by atoms with van der Waals surface area (Å²) >= 11 is 0. The second-order valence-electron chi connectivity index (χ2n) is 5.30. The molecule has 0 saturated heterocycles. The maximum absolute atomic E-state index is 11.9. The zero-order chi connectivity index (χ0) is 15.9. The van der Waals surface area contributed by atoms with Gasteiger partial charge in [-0.1, -0.05) is 30.3 Å². The van der Waals surface area contributed by atoms with Crippen molar-refractivity contribution in [3.8, 4) is 0 Å². The van der Waals surface area contributed by atoms with Crippen LogP contribution in [-0.4, -0.2) is 22.4 Å². The molecule has 2 rings (SSSR count). The number of rotatable bonds is 6. The molecule has 1 aromatic carbocycles. The molecule has 0 radical (unpaired) electrons. The van der Waals surface area contributed by atoms with Gasteiger partial charge in [0, 0.05) is 24.2 Å². The van der Waals surface area contributed by atoms with Crippen molar-refractivity contribution in [2.24, 2.45) is 0 Å². The van der Waals surface area contributed by atoms with Crippen molar-refractivity contribution < 1.29 is 4.79 Å². The van der Waals surface area contributed by atoms with Crippen LogP contribution in [0.15, 0.2) is 35.1 Å². The topological polar surface area (TPSA) is 74.8 Å². The molecule has 0 atom stereocenters. The van der Waals surface area contributed by atoms with Crippen LogP contribution in [0.2, 0.25) is 0 Å². The van der Waals surface area contributed by atoms with E-state index in [2.05, 4.69) is 15.3 Å². The first kappa shape index (κ1) is 15.9. The summed E-state index contributed by atoms with van der Waals surface area (Å²) in [4.78, 5) is 30.6. The molecular formula is C17H21N3O2. The van der Waals surface area contributed by atoms with Gasteiger partial charge < -0.3 is 10.3 Å². The number of nitrogens with zero attached hydrogens (tertiary/aromatic N) is 1. The number of aromatic nitrogens is 2. The van der Waals surface area contributed by atoms with Gasteiger partial charge in [-0.05, 0) is 32.3 Å². The number of amides is 1. The summed E-state index contributed by atoms with van der Waals surface area (Å²) in [5.74, 6) is 0.550. The summed E-state index contributed by atoms with van der Waals surface area (Å²) in [6, 6.07) is 10.0. The Morgan fingerprint density at radius 1 is 1.18 bits per heavy atom. The van der Waals surface area contributed by atoms with Gasteiger partial charge in [0.25, 0.3) is 5.56 Å². The van der Waals surface area contributed by atoms with Gasteiger partial charge in [-0.15, -0.1) is 0 Å². The number of nitrogens with one attached hydrogen (secondary N) is 2.